The maximum absolute atomic E-state index is 12.8. The van der Waals surface area contributed by atoms with Gasteiger partial charge in [0.1, 0.15) is 5.75 Å². The van der Waals surface area contributed by atoms with Crippen molar-refractivity contribution in [2.45, 2.75) is 23.6 Å². The number of thioether (sulfide) groups is 1. The SMILES string of the molecule is COc1ccc(S[C@H](C)C(=O)N2CCN(Cc3ccc4c(c3)OCO4)CC2)cc1. The Kier molecular flexibility index (Phi) is 6.16. The third-order valence-electron chi connectivity index (χ3n) is 5.25. The molecule has 1 fully saturated rings. The van der Waals surface area contributed by atoms with E-state index in [0.717, 1.165) is 54.9 Å². The molecule has 154 valence electrons. The minimum atomic E-state index is -0.108. The highest BCUT2D eigenvalue weighted by atomic mass is 32.2. The number of hydrogen-bond acceptors (Lipinski definition) is 6. The van der Waals surface area contributed by atoms with Crippen LogP contribution in [-0.4, -0.2) is 61.0 Å². The summed E-state index contributed by atoms with van der Waals surface area (Å²) in [6, 6.07) is 13.9. The quantitative estimate of drug-likeness (QED) is 0.677. The molecule has 2 aromatic carbocycles. The van der Waals surface area contributed by atoms with E-state index in [1.807, 2.05) is 48.2 Å². The Morgan fingerprint density at radius 1 is 1.07 bits per heavy atom. The number of carbonyl (C=O) groups excluding carboxylic acids is 1. The zero-order valence-electron chi connectivity index (χ0n) is 16.8. The lowest BCUT2D eigenvalue weighted by Gasteiger charge is -2.36. The number of fused-ring (bicyclic) bond motifs is 1. The molecule has 0 saturated carbocycles. The number of ether oxygens (including phenoxy) is 3. The molecule has 0 bridgehead atoms. The first kappa shape index (κ1) is 19.9. The third kappa shape index (κ3) is 4.79. The lowest BCUT2D eigenvalue weighted by atomic mass is 10.1. The van der Waals surface area contributed by atoms with Crippen molar-refractivity contribution < 1.29 is 19.0 Å². The van der Waals surface area contributed by atoms with Gasteiger partial charge in [0.25, 0.3) is 0 Å². The van der Waals surface area contributed by atoms with E-state index >= 15 is 0 Å². The summed E-state index contributed by atoms with van der Waals surface area (Å²) in [6.07, 6.45) is 0. The molecule has 2 aliphatic heterocycles. The van der Waals surface area contributed by atoms with Crippen LogP contribution in [0, 0.1) is 0 Å². The van der Waals surface area contributed by atoms with Gasteiger partial charge in [0.15, 0.2) is 11.5 Å². The van der Waals surface area contributed by atoms with Gasteiger partial charge >= 0.3 is 0 Å². The first-order valence-corrected chi connectivity index (χ1v) is 10.7. The summed E-state index contributed by atoms with van der Waals surface area (Å²) in [6.45, 7) is 6.41. The molecule has 29 heavy (non-hydrogen) atoms. The minimum absolute atomic E-state index is 0.108. The van der Waals surface area contributed by atoms with E-state index in [1.54, 1.807) is 18.9 Å². The summed E-state index contributed by atoms with van der Waals surface area (Å²) in [5.74, 6) is 2.66. The first-order chi connectivity index (χ1) is 14.1. The maximum atomic E-state index is 12.8. The van der Waals surface area contributed by atoms with Crippen LogP contribution in [0.5, 0.6) is 17.2 Å². The van der Waals surface area contributed by atoms with Gasteiger partial charge in [0.2, 0.25) is 12.7 Å². The summed E-state index contributed by atoms with van der Waals surface area (Å²) < 4.78 is 16.0. The van der Waals surface area contributed by atoms with Crippen LogP contribution in [0.25, 0.3) is 0 Å². The highest BCUT2D eigenvalue weighted by Gasteiger charge is 2.26. The van der Waals surface area contributed by atoms with Gasteiger partial charge in [-0.3, -0.25) is 9.69 Å². The van der Waals surface area contributed by atoms with Crippen LogP contribution in [0.2, 0.25) is 0 Å². The fourth-order valence-electron chi connectivity index (χ4n) is 3.59. The number of piperazine rings is 1. The summed E-state index contributed by atoms with van der Waals surface area (Å²) in [5.41, 5.74) is 1.21. The summed E-state index contributed by atoms with van der Waals surface area (Å²) in [7, 11) is 1.65. The van der Waals surface area contributed by atoms with Gasteiger partial charge in [-0.05, 0) is 48.9 Å². The Hall–Kier alpha value is -2.38. The molecular weight excluding hydrogens is 388 g/mol. The van der Waals surface area contributed by atoms with Crippen LogP contribution < -0.4 is 14.2 Å². The predicted molar refractivity (Wildman–Crippen MR) is 113 cm³/mol. The number of nitrogens with zero attached hydrogens (tertiary/aromatic N) is 2. The number of carbonyl (C=O) groups is 1. The molecule has 0 aliphatic carbocycles. The van der Waals surface area contributed by atoms with Gasteiger partial charge in [0, 0.05) is 37.6 Å². The van der Waals surface area contributed by atoms with Gasteiger partial charge in [-0.25, -0.2) is 0 Å². The van der Waals surface area contributed by atoms with Crippen LogP contribution >= 0.6 is 11.8 Å². The Bertz CT molecular complexity index is 850. The normalized spacial score (nSPS) is 17.2. The molecule has 2 heterocycles. The molecule has 0 radical (unpaired) electrons. The highest BCUT2D eigenvalue weighted by Crippen LogP contribution is 2.33. The first-order valence-electron chi connectivity index (χ1n) is 9.83. The van der Waals surface area contributed by atoms with E-state index in [2.05, 4.69) is 11.0 Å². The van der Waals surface area contributed by atoms with Crippen LogP contribution in [0.1, 0.15) is 12.5 Å². The molecule has 0 N–H and O–H groups in total. The number of hydrogen-bond donors (Lipinski definition) is 0. The van der Waals surface area contributed by atoms with Gasteiger partial charge in [-0.15, -0.1) is 11.8 Å². The second-order valence-electron chi connectivity index (χ2n) is 7.22. The molecule has 2 aliphatic rings. The van der Waals surface area contributed by atoms with Crippen molar-refractivity contribution in [1.82, 2.24) is 9.80 Å². The maximum Gasteiger partial charge on any atom is 0.235 e. The molecule has 2 aromatic rings. The second kappa shape index (κ2) is 8.97. The largest absolute Gasteiger partial charge is 0.497 e. The number of methoxy groups -OCH3 is 1. The predicted octanol–water partition coefficient (Wildman–Crippen LogP) is 3.25. The van der Waals surface area contributed by atoms with Gasteiger partial charge in [-0.2, -0.15) is 0 Å². The van der Waals surface area contributed by atoms with Crippen LogP contribution in [0.15, 0.2) is 47.4 Å². The van der Waals surface area contributed by atoms with E-state index in [4.69, 9.17) is 14.2 Å². The van der Waals surface area contributed by atoms with Gasteiger partial charge in [0.05, 0.1) is 12.4 Å². The molecule has 4 rings (SSSR count). The van der Waals surface area contributed by atoms with Crippen molar-refractivity contribution in [3.05, 3.63) is 48.0 Å². The smallest absolute Gasteiger partial charge is 0.235 e. The van der Waals surface area contributed by atoms with Gasteiger partial charge < -0.3 is 19.1 Å². The molecule has 7 heteroatoms. The topological polar surface area (TPSA) is 51.2 Å². The standard InChI is InChI=1S/C22H26N2O4S/c1-16(29-19-6-4-18(26-2)5-7-19)22(25)24-11-9-23(10-12-24)14-17-3-8-20-21(13-17)28-15-27-20/h3-8,13,16H,9-12,14-15H2,1-2H3/t16-/m1/s1. The van der Waals surface area contributed by atoms with Crippen LogP contribution in [-0.2, 0) is 11.3 Å². The average Bonchev–Trinajstić information content (AvgIpc) is 3.22. The van der Waals surface area contributed by atoms with E-state index in [1.165, 1.54) is 5.56 Å². The van der Waals surface area contributed by atoms with Crippen molar-refractivity contribution in [2.75, 3.05) is 40.1 Å². The van der Waals surface area contributed by atoms with Crippen LogP contribution in [0.3, 0.4) is 0 Å². The Balaban J connectivity index is 1.26. The van der Waals surface area contributed by atoms with E-state index in [9.17, 15) is 4.79 Å². The van der Waals surface area contributed by atoms with Crippen molar-refractivity contribution in [3.8, 4) is 17.2 Å². The van der Waals surface area contributed by atoms with Crippen LogP contribution in [0.4, 0.5) is 0 Å². The Morgan fingerprint density at radius 3 is 2.52 bits per heavy atom. The van der Waals surface area contributed by atoms with Crippen molar-refractivity contribution in [3.63, 3.8) is 0 Å². The lowest BCUT2D eigenvalue weighted by Crippen LogP contribution is -2.50. The van der Waals surface area contributed by atoms with Gasteiger partial charge in [-0.1, -0.05) is 6.07 Å². The molecule has 0 aromatic heterocycles. The fraction of sp³-hybridized carbons (Fsp3) is 0.409. The average molecular weight is 415 g/mol. The van der Waals surface area contributed by atoms with Crippen molar-refractivity contribution in [2.24, 2.45) is 0 Å². The van der Waals surface area contributed by atoms with E-state index in [-0.39, 0.29) is 11.2 Å². The fourth-order valence-corrected chi connectivity index (χ4v) is 4.54. The zero-order valence-corrected chi connectivity index (χ0v) is 17.6. The monoisotopic (exact) mass is 414 g/mol. The van der Waals surface area contributed by atoms with E-state index < -0.39 is 0 Å². The number of rotatable bonds is 6. The lowest BCUT2D eigenvalue weighted by molar-refractivity contribution is -0.132. The molecule has 6 nitrogen and oxygen atoms in total. The summed E-state index contributed by atoms with van der Waals surface area (Å²) in [5, 5.41) is -0.108. The summed E-state index contributed by atoms with van der Waals surface area (Å²) in [4.78, 5) is 18.3. The molecule has 1 amide bonds. The zero-order chi connectivity index (χ0) is 20.2. The molecule has 0 unspecified atom stereocenters. The number of amides is 1. The Labute approximate surface area is 175 Å². The third-order valence-corrected chi connectivity index (χ3v) is 6.35. The molecule has 1 atom stereocenters. The highest BCUT2D eigenvalue weighted by molar-refractivity contribution is 8.00. The molecular formula is C22H26N2O4S. The molecule has 1 saturated heterocycles. The van der Waals surface area contributed by atoms with E-state index in [0.29, 0.717) is 6.79 Å². The number of benzene rings is 2. The second-order valence-corrected chi connectivity index (χ2v) is 8.64. The molecule has 0 spiro atoms. The van der Waals surface area contributed by atoms with Crippen molar-refractivity contribution in [1.29, 1.82) is 0 Å². The summed E-state index contributed by atoms with van der Waals surface area (Å²) >= 11 is 1.59. The van der Waals surface area contributed by atoms with Crippen molar-refractivity contribution >= 4 is 17.7 Å². The Morgan fingerprint density at radius 2 is 1.79 bits per heavy atom. The minimum Gasteiger partial charge on any atom is -0.497 e.